The van der Waals surface area contributed by atoms with E-state index in [4.69, 9.17) is 0 Å². The Bertz CT molecular complexity index is 288. The number of amides is 1. The number of nitrogens with one attached hydrogen (secondary N) is 1. The maximum atomic E-state index is 12.1. The number of likely N-dealkylation sites (tertiary alicyclic amines) is 1. The normalized spacial score (nSPS) is 31.9. The van der Waals surface area contributed by atoms with Crippen LogP contribution >= 0.6 is 0 Å². The van der Waals surface area contributed by atoms with Crippen LogP contribution in [0.3, 0.4) is 0 Å². The van der Waals surface area contributed by atoms with Crippen LogP contribution in [0.5, 0.6) is 0 Å². The Morgan fingerprint density at radius 3 is 2.60 bits per heavy atom. The summed E-state index contributed by atoms with van der Waals surface area (Å²) in [7, 11) is 0. The van der Waals surface area contributed by atoms with Gasteiger partial charge in [0, 0.05) is 18.6 Å². The molecule has 3 aliphatic rings. The fourth-order valence-corrected chi connectivity index (χ4v) is 2.61. The third kappa shape index (κ3) is 1.81. The lowest BCUT2D eigenvalue weighted by Crippen LogP contribution is -2.42. The van der Waals surface area contributed by atoms with Crippen LogP contribution in [0, 0.1) is 0 Å². The summed E-state index contributed by atoms with van der Waals surface area (Å²) in [5.74, 6) is 0.343. The quantitative estimate of drug-likeness (QED) is 0.700. The van der Waals surface area contributed by atoms with E-state index < -0.39 is 0 Å². The summed E-state index contributed by atoms with van der Waals surface area (Å²) in [4.78, 5) is 14.2. The molecule has 0 radical (unpaired) electrons. The second kappa shape index (κ2) is 3.63. The van der Waals surface area contributed by atoms with Crippen LogP contribution in [0.2, 0.25) is 0 Å². The minimum atomic E-state index is 0.123. The van der Waals surface area contributed by atoms with Gasteiger partial charge in [0.25, 0.3) is 0 Å². The first-order valence-electron chi connectivity index (χ1n) is 6.06. The summed E-state index contributed by atoms with van der Waals surface area (Å²) in [6, 6.07) is 1.22. The molecule has 3 nitrogen and oxygen atoms in total. The highest BCUT2D eigenvalue weighted by Gasteiger charge is 2.38. The lowest BCUT2D eigenvalue weighted by molar-refractivity contribution is -0.131. The van der Waals surface area contributed by atoms with Crippen molar-refractivity contribution in [2.24, 2.45) is 0 Å². The number of carbonyl (C=O) groups excluding carboxylic acids is 1. The van der Waals surface area contributed by atoms with Gasteiger partial charge in [-0.3, -0.25) is 4.79 Å². The predicted octanol–water partition coefficient (Wildman–Crippen LogP) is 1.06. The van der Waals surface area contributed by atoms with Crippen molar-refractivity contribution in [2.75, 3.05) is 6.54 Å². The molecule has 0 aromatic heterocycles. The average molecular weight is 206 g/mol. The van der Waals surface area contributed by atoms with Gasteiger partial charge >= 0.3 is 0 Å². The summed E-state index contributed by atoms with van der Waals surface area (Å²) in [6.07, 6.45) is 10.0. The van der Waals surface area contributed by atoms with E-state index in [-0.39, 0.29) is 6.04 Å². The zero-order chi connectivity index (χ0) is 10.3. The van der Waals surface area contributed by atoms with Crippen molar-refractivity contribution in [1.82, 2.24) is 10.2 Å². The highest BCUT2D eigenvalue weighted by Crippen LogP contribution is 2.26. The molecular formula is C12H18N2O. The van der Waals surface area contributed by atoms with E-state index in [1.54, 1.807) is 0 Å². The Kier molecular flexibility index (Phi) is 2.28. The van der Waals surface area contributed by atoms with Crippen LogP contribution in [-0.4, -0.2) is 35.5 Å². The van der Waals surface area contributed by atoms with Crippen molar-refractivity contribution >= 4 is 5.91 Å². The molecule has 1 N–H and O–H groups in total. The van der Waals surface area contributed by atoms with E-state index in [1.165, 1.54) is 12.8 Å². The van der Waals surface area contributed by atoms with Crippen LogP contribution in [-0.2, 0) is 4.79 Å². The number of rotatable bonds is 3. The lowest BCUT2D eigenvalue weighted by Gasteiger charge is -2.24. The summed E-state index contributed by atoms with van der Waals surface area (Å²) in [5.41, 5.74) is 0. The molecule has 0 spiro atoms. The van der Waals surface area contributed by atoms with E-state index in [9.17, 15) is 4.79 Å². The Balaban J connectivity index is 1.59. The van der Waals surface area contributed by atoms with Gasteiger partial charge in [-0.15, -0.1) is 0 Å². The third-order valence-electron chi connectivity index (χ3n) is 3.68. The Morgan fingerprint density at radius 2 is 1.93 bits per heavy atom. The van der Waals surface area contributed by atoms with Crippen LogP contribution in [0.1, 0.15) is 32.1 Å². The molecule has 82 valence electrons. The van der Waals surface area contributed by atoms with Crippen molar-refractivity contribution in [3.8, 4) is 0 Å². The van der Waals surface area contributed by atoms with E-state index in [2.05, 4.69) is 22.4 Å². The second-order valence-corrected chi connectivity index (χ2v) is 4.91. The van der Waals surface area contributed by atoms with Crippen LogP contribution < -0.4 is 5.32 Å². The van der Waals surface area contributed by atoms with Gasteiger partial charge in [-0.1, -0.05) is 12.2 Å². The monoisotopic (exact) mass is 206 g/mol. The molecule has 1 aliphatic heterocycles. The Hall–Kier alpha value is -0.830. The molecule has 1 atom stereocenters. The van der Waals surface area contributed by atoms with Gasteiger partial charge in [-0.25, -0.2) is 0 Å². The molecule has 2 fully saturated rings. The first-order chi connectivity index (χ1) is 7.34. The van der Waals surface area contributed by atoms with Gasteiger partial charge in [0.1, 0.15) is 0 Å². The highest BCUT2D eigenvalue weighted by atomic mass is 16.2. The molecule has 1 saturated carbocycles. The first kappa shape index (κ1) is 9.40. The molecule has 2 aliphatic carbocycles. The maximum Gasteiger partial charge on any atom is 0.240 e. The van der Waals surface area contributed by atoms with Crippen molar-refractivity contribution in [1.29, 1.82) is 0 Å². The second-order valence-electron chi connectivity index (χ2n) is 4.91. The van der Waals surface area contributed by atoms with Crippen molar-refractivity contribution in [3.05, 3.63) is 12.2 Å². The minimum Gasteiger partial charge on any atom is -0.338 e. The molecule has 1 amide bonds. The fourth-order valence-electron chi connectivity index (χ4n) is 2.61. The van der Waals surface area contributed by atoms with Crippen molar-refractivity contribution in [3.63, 3.8) is 0 Å². The smallest absolute Gasteiger partial charge is 0.240 e. The molecule has 0 aromatic carbocycles. The molecule has 15 heavy (non-hydrogen) atoms. The first-order valence-corrected chi connectivity index (χ1v) is 6.06. The molecule has 3 rings (SSSR count). The van der Waals surface area contributed by atoms with E-state index in [1.807, 2.05) is 0 Å². The summed E-state index contributed by atoms with van der Waals surface area (Å²) in [6.45, 7) is 0.954. The van der Waals surface area contributed by atoms with Gasteiger partial charge in [-0.05, 0) is 32.1 Å². The van der Waals surface area contributed by atoms with Crippen LogP contribution in [0.15, 0.2) is 12.2 Å². The summed E-state index contributed by atoms with van der Waals surface area (Å²) in [5, 5.41) is 3.44. The maximum absolute atomic E-state index is 12.1. The topological polar surface area (TPSA) is 32.3 Å². The number of nitrogens with zero attached hydrogens (tertiary/aromatic N) is 1. The minimum absolute atomic E-state index is 0.123. The number of hydrogen-bond donors (Lipinski definition) is 1. The third-order valence-corrected chi connectivity index (χ3v) is 3.68. The predicted molar refractivity (Wildman–Crippen MR) is 58.4 cm³/mol. The Labute approximate surface area is 90.5 Å². The number of carbonyl (C=O) groups is 1. The van der Waals surface area contributed by atoms with E-state index in [0.717, 1.165) is 25.8 Å². The lowest BCUT2D eigenvalue weighted by atomic mass is 10.2. The van der Waals surface area contributed by atoms with Gasteiger partial charge in [0.15, 0.2) is 0 Å². The van der Waals surface area contributed by atoms with Crippen LogP contribution in [0.4, 0.5) is 0 Å². The van der Waals surface area contributed by atoms with Crippen LogP contribution in [0.25, 0.3) is 0 Å². The van der Waals surface area contributed by atoms with Gasteiger partial charge in [-0.2, -0.15) is 0 Å². The SMILES string of the molecule is O=C1C(NC2CC2)CCN1C1CC=CC1. The van der Waals surface area contributed by atoms with E-state index >= 15 is 0 Å². The highest BCUT2D eigenvalue weighted by molar-refractivity contribution is 5.84. The molecule has 1 saturated heterocycles. The average Bonchev–Trinajstić information content (AvgIpc) is 2.75. The molecule has 1 unspecified atom stereocenters. The van der Waals surface area contributed by atoms with Gasteiger partial charge < -0.3 is 10.2 Å². The fraction of sp³-hybridized carbons (Fsp3) is 0.750. The van der Waals surface area contributed by atoms with Gasteiger partial charge in [0.05, 0.1) is 6.04 Å². The van der Waals surface area contributed by atoms with Crippen molar-refractivity contribution < 1.29 is 4.79 Å². The molecule has 3 heteroatoms. The standard InChI is InChI=1S/C12H18N2O/c15-12-11(13-9-5-6-9)7-8-14(12)10-3-1-2-4-10/h1-2,9-11,13H,3-8H2. The van der Waals surface area contributed by atoms with Crippen molar-refractivity contribution in [2.45, 2.75) is 50.2 Å². The molecule has 0 bridgehead atoms. The molecule has 1 heterocycles. The number of hydrogen-bond acceptors (Lipinski definition) is 2. The zero-order valence-corrected chi connectivity index (χ0v) is 8.98. The Morgan fingerprint density at radius 1 is 1.20 bits per heavy atom. The molecular weight excluding hydrogens is 188 g/mol. The van der Waals surface area contributed by atoms with Gasteiger partial charge in [0.2, 0.25) is 5.91 Å². The molecule has 0 aromatic rings. The zero-order valence-electron chi connectivity index (χ0n) is 8.98. The summed E-state index contributed by atoms with van der Waals surface area (Å²) < 4.78 is 0. The van der Waals surface area contributed by atoms with E-state index in [0.29, 0.717) is 18.0 Å². The summed E-state index contributed by atoms with van der Waals surface area (Å²) >= 11 is 0. The largest absolute Gasteiger partial charge is 0.338 e.